The van der Waals surface area contributed by atoms with Gasteiger partial charge in [-0.2, -0.15) is 0 Å². The van der Waals surface area contributed by atoms with E-state index in [2.05, 4.69) is 149 Å². The summed E-state index contributed by atoms with van der Waals surface area (Å²) < 4.78 is 13.7. The minimum atomic E-state index is -1.75. The van der Waals surface area contributed by atoms with Crippen LogP contribution in [0.3, 0.4) is 0 Å². The standard InChI is InChI=1S/2C18H30O.Sn/c2*1-16(2,3)12-10-13(17(4,5)6)15(19)14(11-12)18(7,8)9;/h2*10-11,19H,1-9H3;/q;;+2/p-2. The van der Waals surface area contributed by atoms with Crippen molar-refractivity contribution in [2.45, 2.75) is 157 Å². The average molecular weight is 642 g/mol. The molecule has 0 fully saturated rings. The molecule has 0 saturated heterocycles. The molecule has 218 valence electrons. The van der Waals surface area contributed by atoms with Crippen molar-refractivity contribution in [3.8, 4) is 11.5 Å². The van der Waals surface area contributed by atoms with Crippen molar-refractivity contribution >= 4 is 22.0 Å². The molecule has 0 saturated carbocycles. The molecule has 3 heteroatoms. The molecular weight excluding hydrogens is 583 g/mol. The van der Waals surface area contributed by atoms with E-state index in [1.165, 1.54) is 33.4 Å². The molecule has 0 aliphatic heterocycles. The molecule has 0 aliphatic rings. The summed E-state index contributed by atoms with van der Waals surface area (Å²) >= 11 is -1.75. The van der Waals surface area contributed by atoms with Gasteiger partial charge in [0.15, 0.2) is 0 Å². The fraction of sp³-hybridized carbons (Fsp3) is 0.667. The number of hydrogen-bond acceptors (Lipinski definition) is 2. The second-order valence-corrected chi connectivity index (χ2v) is 19.2. The van der Waals surface area contributed by atoms with Gasteiger partial charge in [-0.1, -0.05) is 0 Å². The summed E-state index contributed by atoms with van der Waals surface area (Å²) in [7, 11) is 0. The number of hydrogen-bond donors (Lipinski definition) is 0. The van der Waals surface area contributed by atoms with Crippen LogP contribution < -0.4 is 6.15 Å². The second kappa shape index (κ2) is 10.9. The Bertz CT molecular complexity index is 998. The first-order chi connectivity index (χ1) is 17.1. The van der Waals surface area contributed by atoms with Gasteiger partial charge in [0.25, 0.3) is 0 Å². The van der Waals surface area contributed by atoms with Crippen LogP contribution in [-0.4, -0.2) is 22.0 Å². The Morgan fingerprint density at radius 2 is 0.564 bits per heavy atom. The topological polar surface area (TPSA) is 18.5 Å². The Morgan fingerprint density at radius 1 is 0.359 bits per heavy atom. The SMILES string of the molecule is CC(C)(C)c1cc(C(C)(C)C)c([O][Sn][O]c2c(C(C)(C)C)cc(C(C)(C)C)cc2C(C)(C)C)c(C(C)(C)C)c1. The summed E-state index contributed by atoms with van der Waals surface area (Å²) in [5.41, 5.74) is 7.78. The van der Waals surface area contributed by atoms with Gasteiger partial charge in [-0.05, 0) is 0 Å². The third kappa shape index (κ3) is 8.43. The zero-order valence-electron chi connectivity index (χ0n) is 28.6. The summed E-state index contributed by atoms with van der Waals surface area (Å²) in [4.78, 5) is 0. The van der Waals surface area contributed by atoms with E-state index in [0.717, 1.165) is 11.5 Å². The van der Waals surface area contributed by atoms with Crippen molar-refractivity contribution in [3.63, 3.8) is 0 Å². The summed E-state index contributed by atoms with van der Waals surface area (Å²) in [6.45, 7) is 41.3. The molecule has 0 atom stereocenters. The van der Waals surface area contributed by atoms with Crippen molar-refractivity contribution < 1.29 is 6.15 Å². The van der Waals surface area contributed by atoms with Crippen LogP contribution in [0.5, 0.6) is 11.5 Å². The molecule has 0 aromatic heterocycles. The normalized spacial score (nSPS) is 14.0. The van der Waals surface area contributed by atoms with Crippen LogP contribution in [0.1, 0.15) is 158 Å². The van der Waals surface area contributed by atoms with E-state index < -0.39 is 22.0 Å². The molecule has 2 aromatic rings. The fourth-order valence-electron chi connectivity index (χ4n) is 4.68. The zero-order valence-corrected chi connectivity index (χ0v) is 31.5. The summed E-state index contributed by atoms with van der Waals surface area (Å²) in [6.07, 6.45) is 0. The number of rotatable bonds is 4. The van der Waals surface area contributed by atoms with Gasteiger partial charge in [0.1, 0.15) is 0 Å². The molecule has 2 radical (unpaired) electrons. The summed E-state index contributed by atoms with van der Waals surface area (Å²) in [5, 5.41) is 0. The van der Waals surface area contributed by atoms with Gasteiger partial charge < -0.3 is 0 Å². The van der Waals surface area contributed by atoms with E-state index in [1.54, 1.807) is 0 Å². The Kier molecular flexibility index (Phi) is 9.53. The Balaban J connectivity index is 2.71. The molecular formula is C36H58O2Sn. The fourth-order valence-corrected chi connectivity index (χ4v) is 6.53. The van der Waals surface area contributed by atoms with Crippen molar-refractivity contribution in [1.82, 2.24) is 0 Å². The van der Waals surface area contributed by atoms with Crippen molar-refractivity contribution in [1.29, 1.82) is 0 Å². The molecule has 2 aromatic carbocycles. The Labute approximate surface area is 253 Å². The monoisotopic (exact) mass is 642 g/mol. The third-order valence-corrected chi connectivity index (χ3v) is 9.07. The Hall–Kier alpha value is -1.16. The molecule has 39 heavy (non-hydrogen) atoms. The molecule has 0 unspecified atom stereocenters. The van der Waals surface area contributed by atoms with E-state index in [1.807, 2.05) is 0 Å². The molecule has 2 rings (SSSR count). The van der Waals surface area contributed by atoms with E-state index >= 15 is 0 Å². The second-order valence-electron chi connectivity index (χ2n) is 17.6. The maximum absolute atomic E-state index is 6.87. The molecule has 0 amide bonds. The maximum atomic E-state index is 6.87. The first-order valence-corrected chi connectivity index (χ1v) is 17.0. The summed E-state index contributed by atoms with van der Waals surface area (Å²) in [5.74, 6) is 2.08. The molecule has 0 spiro atoms. The minimum absolute atomic E-state index is 0.0441. The predicted molar refractivity (Wildman–Crippen MR) is 172 cm³/mol. The van der Waals surface area contributed by atoms with Gasteiger partial charge in [0.05, 0.1) is 0 Å². The van der Waals surface area contributed by atoms with Gasteiger partial charge in [-0.3, -0.25) is 0 Å². The van der Waals surface area contributed by atoms with Crippen molar-refractivity contribution in [2.24, 2.45) is 0 Å². The molecule has 0 bridgehead atoms. The van der Waals surface area contributed by atoms with E-state index in [9.17, 15) is 0 Å². The van der Waals surface area contributed by atoms with Crippen LogP contribution in [-0.2, 0) is 32.5 Å². The Morgan fingerprint density at radius 3 is 0.718 bits per heavy atom. The molecule has 0 aliphatic carbocycles. The number of benzene rings is 2. The molecule has 0 heterocycles. The van der Waals surface area contributed by atoms with Gasteiger partial charge in [-0.25, -0.2) is 0 Å². The van der Waals surface area contributed by atoms with Gasteiger partial charge >= 0.3 is 254 Å². The quantitative estimate of drug-likeness (QED) is 0.310. The first kappa shape index (κ1) is 34.0. The first-order valence-electron chi connectivity index (χ1n) is 14.6. The van der Waals surface area contributed by atoms with Crippen LogP contribution in [0, 0.1) is 0 Å². The van der Waals surface area contributed by atoms with Gasteiger partial charge in [0.2, 0.25) is 0 Å². The van der Waals surface area contributed by atoms with E-state index in [0.29, 0.717) is 0 Å². The molecule has 0 N–H and O–H groups in total. The van der Waals surface area contributed by atoms with Crippen LogP contribution in [0.4, 0.5) is 0 Å². The molecule has 2 nitrogen and oxygen atoms in total. The van der Waals surface area contributed by atoms with Crippen LogP contribution in [0.15, 0.2) is 24.3 Å². The van der Waals surface area contributed by atoms with Gasteiger partial charge in [0, 0.05) is 0 Å². The average Bonchev–Trinajstić information content (AvgIpc) is 2.68. The predicted octanol–water partition coefficient (Wildman–Crippen LogP) is 10.5. The summed E-state index contributed by atoms with van der Waals surface area (Å²) in [6, 6.07) is 9.51. The van der Waals surface area contributed by atoms with Crippen LogP contribution in [0.2, 0.25) is 0 Å². The van der Waals surface area contributed by atoms with E-state index in [-0.39, 0.29) is 32.5 Å². The third-order valence-electron chi connectivity index (χ3n) is 7.43. The zero-order chi connectivity index (χ0) is 30.6. The van der Waals surface area contributed by atoms with Crippen LogP contribution in [0.25, 0.3) is 0 Å². The van der Waals surface area contributed by atoms with Gasteiger partial charge in [-0.15, -0.1) is 0 Å². The van der Waals surface area contributed by atoms with Crippen molar-refractivity contribution in [2.75, 3.05) is 0 Å². The van der Waals surface area contributed by atoms with Crippen molar-refractivity contribution in [3.05, 3.63) is 57.6 Å². The van der Waals surface area contributed by atoms with E-state index in [4.69, 9.17) is 6.15 Å². The van der Waals surface area contributed by atoms with Crippen LogP contribution >= 0.6 is 0 Å².